The summed E-state index contributed by atoms with van der Waals surface area (Å²) in [4.78, 5) is 25.9. The lowest BCUT2D eigenvalue weighted by Crippen LogP contribution is -2.39. The van der Waals surface area contributed by atoms with Crippen molar-refractivity contribution in [3.05, 3.63) is 63.6 Å². The third-order valence-corrected chi connectivity index (χ3v) is 4.79. The molecule has 0 spiro atoms. The summed E-state index contributed by atoms with van der Waals surface area (Å²) in [5.41, 5.74) is 1.68. The van der Waals surface area contributed by atoms with Crippen molar-refractivity contribution in [1.29, 1.82) is 0 Å². The van der Waals surface area contributed by atoms with Crippen LogP contribution in [-0.4, -0.2) is 34.5 Å². The Kier molecular flexibility index (Phi) is 5.81. The molecule has 5 nitrogen and oxygen atoms in total. The van der Waals surface area contributed by atoms with Gasteiger partial charge in [-0.05, 0) is 55.3 Å². The number of nitrogens with zero attached hydrogens (tertiary/aromatic N) is 1. The van der Waals surface area contributed by atoms with Crippen molar-refractivity contribution in [3.63, 3.8) is 0 Å². The first-order valence-corrected chi connectivity index (χ1v) is 9.01. The van der Waals surface area contributed by atoms with E-state index in [9.17, 15) is 9.59 Å². The molecule has 26 heavy (non-hydrogen) atoms. The van der Waals surface area contributed by atoms with Crippen LogP contribution in [0.2, 0.25) is 10.0 Å². The van der Waals surface area contributed by atoms with E-state index in [1.165, 1.54) is 0 Å². The number of rotatable bonds is 5. The minimum Gasteiger partial charge on any atom is -0.478 e. The zero-order valence-corrected chi connectivity index (χ0v) is 15.4. The molecule has 2 aromatic rings. The highest BCUT2D eigenvalue weighted by molar-refractivity contribution is 6.35. The number of nitrogens with one attached hydrogen (secondary N) is 1. The van der Waals surface area contributed by atoms with Crippen LogP contribution in [0.3, 0.4) is 0 Å². The average molecular weight is 393 g/mol. The molecule has 1 atom stereocenters. The van der Waals surface area contributed by atoms with Gasteiger partial charge in [0.25, 0.3) is 0 Å². The first-order chi connectivity index (χ1) is 12.4. The molecule has 3 rings (SSSR count). The van der Waals surface area contributed by atoms with Gasteiger partial charge in [-0.2, -0.15) is 0 Å². The first kappa shape index (κ1) is 18.7. The smallest absolute Gasteiger partial charge is 0.335 e. The summed E-state index contributed by atoms with van der Waals surface area (Å²) >= 11 is 12.0. The Morgan fingerprint density at radius 1 is 1.15 bits per heavy atom. The van der Waals surface area contributed by atoms with Crippen molar-refractivity contribution >= 4 is 40.8 Å². The maximum atomic E-state index is 12.7. The fourth-order valence-corrected chi connectivity index (χ4v) is 3.73. The summed E-state index contributed by atoms with van der Waals surface area (Å²) in [6.07, 6.45) is 1.66. The molecule has 0 bridgehead atoms. The lowest BCUT2D eigenvalue weighted by molar-refractivity contribution is -0.120. The molecule has 2 N–H and O–H groups in total. The SMILES string of the molecule is O=C(O)c1cccc(CN2CCCC2C(=O)Nc2cc(Cl)cc(Cl)c2)c1. The van der Waals surface area contributed by atoms with Crippen molar-refractivity contribution < 1.29 is 14.7 Å². The number of amides is 1. The van der Waals surface area contributed by atoms with Crippen LogP contribution in [0.25, 0.3) is 0 Å². The van der Waals surface area contributed by atoms with E-state index in [-0.39, 0.29) is 17.5 Å². The van der Waals surface area contributed by atoms with Crippen LogP contribution in [0.15, 0.2) is 42.5 Å². The van der Waals surface area contributed by atoms with Gasteiger partial charge in [0.15, 0.2) is 0 Å². The minimum atomic E-state index is -0.958. The van der Waals surface area contributed by atoms with Crippen molar-refractivity contribution in [2.24, 2.45) is 0 Å². The van der Waals surface area contributed by atoms with Crippen LogP contribution in [0, 0.1) is 0 Å². The van der Waals surface area contributed by atoms with E-state index in [0.29, 0.717) is 22.3 Å². The van der Waals surface area contributed by atoms with Crippen LogP contribution in [0.5, 0.6) is 0 Å². The van der Waals surface area contributed by atoms with E-state index in [1.807, 2.05) is 6.07 Å². The quantitative estimate of drug-likeness (QED) is 0.795. The molecule has 0 radical (unpaired) electrons. The second kappa shape index (κ2) is 8.08. The number of carboxylic acid groups (broad SMARTS) is 1. The highest BCUT2D eigenvalue weighted by Gasteiger charge is 2.30. The van der Waals surface area contributed by atoms with Gasteiger partial charge in [-0.1, -0.05) is 35.3 Å². The maximum absolute atomic E-state index is 12.7. The van der Waals surface area contributed by atoms with Gasteiger partial charge >= 0.3 is 5.97 Å². The number of carbonyl (C=O) groups excluding carboxylic acids is 1. The van der Waals surface area contributed by atoms with Gasteiger partial charge in [-0.3, -0.25) is 9.69 Å². The van der Waals surface area contributed by atoms with Gasteiger partial charge in [0.1, 0.15) is 0 Å². The molecule has 1 saturated heterocycles. The maximum Gasteiger partial charge on any atom is 0.335 e. The summed E-state index contributed by atoms with van der Waals surface area (Å²) in [6.45, 7) is 1.31. The summed E-state index contributed by atoms with van der Waals surface area (Å²) in [5.74, 6) is -1.07. The number of likely N-dealkylation sites (tertiary alicyclic amines) is 1. The number of halogens is 2. The zero-order valence-electron chi connectivity index (χ0n) is 13.9. The van der Waals surface area contributed by atoms with Gasteiger partial charge in [-0.15, -0.1) is 0 Å². The third kappa shape index (κ3) is 4.55. The first-order valence-electron chi connectivity index (χ1n) is 8.25. The lowest BCUT2D eigenvalue weighted by atomic mass is 10.1. The van der Waals surface area contributed by atoms with Crippen LogP contribution in [0.1, 0.15) is 28.8 Å². The normalized spacial score (nSPS) is 17.2. The molecule has 136 valence electrons. The summed E-state index contributed by atoms with van der Waals surface area (Å²) in [7, 11) is 0. The predicted molar refractivity (Wildman–Crippen MR) is 102 cm³/mol. The van der Waals surface area contributed by atoms with Crippen LogP contribution in [-0.2, 0) is 11.3 Å². The Morgan fingerprint density at radius 2 is 1.88 bits per heavy atom. The Bertz CT molecular complexity index is 821. The fourth-order valence-electron chi connectivity index (χ4n) is 3.20. The molecule has 1 unspecified atom stereocenters. The molecule has 0 saturated carbocycles. The Morgan fingerprint density at radius 3 is 2.58 bits per heavy atom. The van der Waals surface area contributed by atoms with Crippen LogP contribution < -0.4 is 5.32 Å². The molecule has 1 fully saturated rings. The molecule has 0 aromatic heterocycles. The predicted octanol–water partition coefficient (Wildman–Crippen LogP) is 4.29. The van der Waals surface area contributed by atoms with Gasteiger partial charge in [0.05, 0.1) is 11.6 Å². The van der Waals surface area contributed by atoms with Crippen molar-refractivity contribution in [3.8, 4) is 0 Å². The molecule has 1 amide bonds. The molecule has 1 aliphatic rings. The average Bonchev–Trinajstić information content (AvgIpc) is 3.02. The number of anilines is 1. The Balaban J connectivity index is 1.70. The number of benzene rings is 2. The number of carboxylic acids is 1. The van der Waals surface area contributed by atoms with Gasteiger partial charge in [0.2, 0.25) is 5.91 Å². The number of aromatic carboxylic acids is 1. The second-order valence-corrected chi connectivity index (χ2v) is 7.15. The van der Waals surface area contributed by atoms with Crippen molar-refractivity contribution in [1.82, 2.24) is 4.90 Å². The van der Waals surface area contributed by atoms with Crippen molar-refractivity contribution in [2.45, 2.75) is 25.4 Å². The topological polar surface area (TPSA) is 69.6 Å². The summed E-state index contributed by atoms with van der Waals surface area (Å²) < 4.78 is 0. The fraction of sp³-hybridized carbons (Fsp3) is 0.263. The monoisotopic (exact) mass is 392 g/mol. The number of hydrogen-bond acceptors (Lipinski definition) is 3. The van der Waals surface area contributed by atoms with E-state index >= 15 is 0 Å². The molecule has 7 heteroatoms. The summed E-state index contributed by atoms with van der Waals surface area (Å²) in [5, 5.41) is 12.9. The third-order valence-electron chi connectivity index (χ3n) is 4.36. The summed E-state index contributed by atoms with van der Waals surface area (Å²) in [6, 6.07) is 11.4. The highest BCUT2D eigenvalue weighted by Crippen LogP contribution is 2.25. The Labute approximate surface area is 161 Å². The lowest BCUT2D eigenvalue weighted by Gasteiger charge is -2.24. The number of hydrogen-bond donors (Lipinski definition) is 2. The van der Waals surface area contributed by atoms with Crippen molar-refractivity contribution in [2.75, 3.05) is 11.9 Å². The van der Waals surface area contributed by atoms with Crippen LogP contribution in [0.4, 0.5) is 5.69 Å². The van der Waals surface area contributed by atoms with E-state index in [1.54, 1.807) is 36.4 Å². The molecular weight excluding hydrogens is 375 g/mol. The van der Waals surface area contributed by atoms with E-state index in [2.05, 4.69) is 10.2 Å². The number of carbonyl (C=O) groups is 2. The molecule has 0 aliphatic carbocycles. The van der Waals surface area contributed by atoms with E-state index < -0.39 is 5.97 Å². The van der Waals surface area contributed by atoms with E-state index in [4.69, 9.17) is 28.3 Å². The second-order valence-electron chi connectivity index (χ2n) is 6.28. The molecular formula is C19H18Cl2N2O3. The highest BCUT2D eigenvalue weighted by atomic mass is 35.5. The molecule has 2 aromatic carbocycles. The molecule has 1 heterocycles. The molecule has 1 aliphatic heterocycles. The Hall–Kier alpha value is -2.08. The van der Waals surface area contributed by atoms with Crippen LogP contribution >= 0.6 is 23.2 Å². The standard InChI is InChI=1S/C19H18Cl2N2O3/c20-14-8-15(21)10-16(9-14)22-18(24)17-5-2-6-23(17)11-12-3-1-4-13(7-12)19(25)26/h1,3-4,7-10,17H,2,5-6,11H2,(H,22,24)(H,25,26). The largest absolute Gasteiger partial charge is 0.478 e. The van der Waals surface area contributed by atoms with E-state index in [0.717, 1.165) is 24.9 Å². The van der Waals surface area contributed by atoms with Gasteiger partial charge in [-0.25, -0.2) is 4.79 Å². The van der Waals surface area contributed by atoms with Gasteiger partial charge in [0, 0.05) is 22.3 Å². The minimum absolute atomic E-state index is 0.116. The van der Waals surface area contributed by atoms with Gasteiger partial charge < -0.3 is 10.4 Å². The zero-order chi connectivity index (χ0) is 18.7.